The van der Waals surface area contributed by atoms with E-state index in [1.807, 2.05) is 18.2 Å². The van der Waals surface area contributed by atoms with Crippen LogP contribution in [0.2, 0.25) is 0 Å². The Balaban J connectivity index is 2.13. The normalized spacial score (nSPS) is 9.79. The Morgan fingerprint density at radius 1 is 1.36 bits per heavy atom. The molecule has 1 aromatic rings. The van der Waals surface area contributed by atoms with E-state index in [2.05, 4.69) is 16.9 Å². The van der Waals surface area contributed by atoms with Gasteiger partial charge in [0, 0.05) is 11.5 Å². The molecule has 76 valence electrons. The summed E-state index contributed by atoms with van der Waals surface area (Å²) in [5.74, 6) is 1.64. The van der Waals surface area contributed by atoms with Gasteiger partial charge in [0.25, 0.3) is 0 Å². The third-order valence-electron chi connectivity index (χ3n) is 1.79. The fraction of sp³-hybridized carbons (Fsp3) is 0.364. The zero-order valence-corrected chi connectivity index (χ0v) is 9.05. The molecule has 0 radical (unpaired) electrons. The Hall–Kier alpha value is -0.960. The molecule has 0 aliphatic rings. The number of carbonyl (C=O) groups is 1. The Bertz CT molecular complexity index is 272. The van der Waals surface area contributed by atoms with Gasteiger partial charge < -0.3 is 4.74 Å². The molecule has 0 N–H and O–H groups in total. The lowest BCUT2D eigenvalue weighted by molar-refractivity contribution is -0.140. The summed E-state index contributed by atoms with van der Waals surface area (Å²) >= 11 is 1.75. The van der Waals surface area contributed by atoms with Crippen LogP contribution in [0.25, 0.3) is 0 Å². The second-order valence-electron chi connectivity index (χ2n) is 2.86. The minimum absolute atomic E-state index is 0.134. The lowest BCUT2D eigenvalue weighted by Crippen LogP contribution is -2.01. The van der Waals surface area contributed by atoms with Crippen molar-refractivity contribution < 1.29 is 9.53 Å². The summed E-state index contributed by atoms with van der Waals surface area (Å²) in [5.41, 5.74) is 1.29. The van der Waals surface area contributed by atoms with E-state index in [9.17, 15) is 4.79 Å². The molecule has 3 heteroatoms. The van der Waals surface area contributed by atoms with Crippen molar-refractivity contribution in [1.82, 2.24) is 0 Å². The molecule has 0 bridgehead atoms. The third kappa shape index (κ3) is 4.33. The minimum atomic E-state index is -0.134. The van der Waals surface area contributed by atoms with Crippen LogP contribution in [-0.2, 0) is 15.3 Å². The highest BCUT2D eigenvalue weighted by Crippen LogP contribution is 2.12. The largest absolute Gasteiger partial charge is 0.469 e. The van der Waals surface area contributed by atoms with Crippen LogP contribution >= 0.6 is 11.8 Å². The molecule has 0 fully saturated rings. The maximum absolute atomic E-state index is 10.8. The lowest BCUT2D eigenvalue weighted by atomic mass is 10.2. The second kappa shape index (κ2) is 6.49. The van der Waals surface area contributed by atoms with Crippen LogP contribution in [0.3, 0.4) is 0 Å². The van der Waals surface area contributed by atoms with E-state index in [4.69, 9.17) is 0 Å². The van der Waals surface area contributed by atoms with E-state index in [1.54, 1.807) is 11.8 Å². The van der Waals surface area contributed by atoms with Crippen molar-refractivity contribution in [3.05, 3.63) is 35.9 Å². The summed E-state index contributed by atoms with van der Waals surface area (Å²) in [5, 5.41) is 0. The van der Waals surface area contributed by atoms with E-state index < -0.39 is 0 Å². The quantitative estimate of drug-likeness (QED) is 0.551. The number of rotatable bonds is 5. The smallest absolute Gasteiger partial charge is 0.306 e. The number of ether oxygens (including phenoxy) is 1. The van der Waals surface area contributed by atoms with Crippen molar-refractivity contribution in [3.63, 3.8) is 0 Å². The lowest BCUT2D eigenvalue weighted by Gasteiger charge is -2.00. The van der Waals surface area contributed by atoms with Gasteiger partial charge in [-0.1, -0.05) is 30.3 Å². The summed E-state index contributed by atoms with van der Waals surface area (Å²) in [7, 11) is 1.42. The van der Waals surface area contributed by atoms with Gasteiger partial charge in [0.2, 0.25) is 0 Å². The number of carbonyl (C=O) groups excluding carboxylic acids is 1. The molecular weight excluding hydrogens is 196 g/mol. The molecule has 1 rings (SSSR count). The molecule has 0 aliphatic carbocycles. The summed E-state index contributed by atoms with van der Waals surface area (Å²) in [6.07, 6.45) is 0.494. The number of benzene rings is 1. The average Bonchev–Trinajstić information content (AvgIpc) is 2.25. The molecule has 0 saturated carbocycles. The summed E-state index contributed by atoms with van der Waals surface area (Å²) < 4.78 is 4.55. The highest BCUT2D eigenvalue weighted by atomic mass is 32.2. The van der Waals surface area contributed by atoms with Gasteiger partial charge in [-0.25, -0.2) is 0 Å². The monoisotopic (exact) mass is 210 g/mol. The zero-order chi connectivity index (χ0) is 10.2. The second-order valence-corrected chi connectivity index (χ2v) is 3.97. The van der Waals surface area contributed by atoms with Gasteiger partial charge >= 0.3 is 5.97 Å². The van der Waals surface area contributed by atoms with Crippen molar-refractivity contribution in [2.75, 3.05) is 12.9 Å². The van der Waals surface area contributed by atoms with Gasteiger partial charge in [0.15, 0.2) is 0 Å². The van der Waals surface area contributed by atoms with Crippen LogP contribution in [0.4, 0.5) is 0 Å². The molecule has 0 unspecified atom stereocenters. The molecule has 0 atom stereocenters. The summed E-state index contributed by atoms with van der Waals surface area (Å²) in [4.78, 5) is 10.8. The van der Waals surface area contributed by atoms with Gasteiger partial charge in [-0.15, -0.1) is 0 Å². The Morgan fingerprint density at radius 2 is 2.07 bits per heavy atom. The molecule has 0 heterocycles. The maximum atomic E-state index is 10.8. The first-order valence-corrected chi connectivity index (χ1v) is 5.67. The van der Waals surface area contributed by atoms with E-state index in [1.165, 1.54) is 12.7 Å². The predicted octanol–water partition coefficient (Wildman–Crippen LogP) is 2.48. The Kier molecular flexibility index (Phi) is 5.15. The third-order valence-corrected chi connectivity index (χ3v) is 2.82. The molecular formula is C11H14O2S. The van der Waals surface area contributed by atoms with Crippen LogP contribution in [0.1, 0.15) is 12.0 Å². The standard InChI is InChI=1S/C11H14O2S/c1-13-11(12)7-8-14-9-10-5-3-2-4-6-10/h2-6H,7-9H2,1H3. The van der Waals surface area contributed by atoms with Crippen molar-refractivity contribution >= 4 is 17.7 Å². The van der Waals surface area contributed by atoms with Crippen LogP contribution in [0, 0.1) is 0 Å². The Morgan fingerprint density at radius 3 is 2.71 bits per heavy atom. The maximum Gasteiger partial charge on any atom is 0.306 e. The van der Waals surface area contributed by atoms with Crippen LogP contribution in [-0.4, -0.2) is 18.8 Å². The summed E-state index contributed by atoms with van der Waals surface area (Å²) in [6.45, 7) is 0. The van der Waals surface area contributed by atoms with E-state index >= 15 is 0 Å². The van der Waals surface area contributed by atoms with Gasteiger partial charge in [-0.05, 0) is 5.56 Å². The Labute approximate surface area is 88.7 Å². The van der Waals surface area contributed by atoms with Gasteiger partial charge in [-0.3, -0.25) is 4.79 Å². The van der Waals surface area contributed by atoms with Crippen LogP contribution in [0.15, 0.2) is 30.3 Å². The fourth-order valence-electron chi connectivity index (χ4n) is 1.02. The minimum Gasteiger partial charge on any atom is -0.469 e. The zero-order valence-electron chi connectivity index (χ0n) is 8.23. The van der Waals surface area contributed by atoms with E-state index in [0.29, 0.717) is 6.42 Å². The molecule has 2 nitrogen and oxygen atoms in total. The van der Waals surface area contributed by atoms with Crippen molar-refractivity contribution in [2.45, 2.75) is 12.2 Å². The van der Waals surface area contributed by atoms with Crippen molar-refractivity contribution in [3.8, 4) is 0 Å². The molecule has 1 aromatic carbocycles. The van der Waals surface area contributed by atoms with Gasteiger partial charge in [-0.2, -0.15) is 11.8 Å². The average molecular weight is 210 g/mol. The van der Waals surface area contributed by atoms with Crippen molar-refractivity contribution in [1.29, 1.82) is 0 Å². The molecule has 0 aromatic heterocycles. The number of esters is 1. The molecule has 0 spiro atoms. The van der Waals surface area contributed by atoms with Gasteiger partial charge in [0.05, 0.1) is 13.5 Å². The fourth-order valence-corrected chi connectivity index (χ4v) is 1.91. The number of thioether (sulfide) groups is 1. The molecule has 0 aliphatic heterocycles. The van der Waals surface area contributed by atoms with Crippen LogP contribution < -0.4 is 0 Å². The molecule has 14 heavy (non-hydrogen) atoms. The first-order chi connectivity index (χ1) is 6.83. The van der Waals surface area contributed by atoms with E-state index in [-0.39, 0.29) is 5.97 Å². The van der Waals surface area contributed by atoms with Crippen LogP contribution in [0.5, 0.6) is 0 Å². The SMILES string of the molecule is COC(=O)CCSCc1ccccc1. The van der Waals surface area contributed by atoms with Crippen molar-refractivity contribution in [2.24, 2.45) is 0 Å². The predicted molar refractivity (Wildman–Crippen MR) is 59.2 cm³/mol. The number of hydrogen-bond donors (Lipinski definition) is 0. The van der Waals surface area contributed by atoms with E-state index in [0.717, 1.165) is 11.5 Å². The molecule has 0 amide bonds. The first-order valence-electron chi connectivity index (χ1n) is 4.51. The highest BCUT2D eigenvalue weighted by molar-refractivity contribution is 7.98. The number of hydrogen-bond acceptors (Lipinski definition) is 3. The highest BCUT2D eigenvalue weighted by Gasteiger charge is 1.99. The number of methoxy groups -OCH3 is 1. The van der Waals surface area contributed by atoms with Gasteiger partial charge in [0.1, 0.15) is 0 Å². The topological polar surface area (TPSA) is 26.3 Å². The summed E-state index contributed by atoms with van der Waals surface area (Å²) in [6, 6.07) is 10.2. The molecule has 0 saturated heterocycles. The first kappa shape index (κ1) is 11.1.